The van der Waals surface area contributed by atoms with Crippen molar-refractivity contribution in [1.82, 2.24) is 0 Å². The standard InChI is InChI=1S/C23H16Br2FNO2/c1-28-22-12-15(10-18(13-27)16-6-8-19(24)9-7-16)11-20(25)23(22)29-14-17-4-2-3-5-21(17)26/h2-12H,14H2,1H3/b18-10+. The van der Waals surface area contributed by atoms with Crippen molar-refractivity contribution in [2.45, 2.75) is 6.61 Å². The highest BCUT2D eigenvalue weighted by atomic mass is 79.9. The molecule has 0 bridgehead atoms. The maximum atomic E-state index is 13.8. The number of hydrogen-bond donors (Lipinski definition) is 0. The molecule has 0 aliphatic carbocycles. The fraction of sp³-hybridized carbons (Fsp3) is 0.0870. The molecule has 0 fully saturated rings. The van der Waals surface area contributed by atoms with Gasteiger partial charge in [-0.2, -0.15) is 5.26 Å². The van der Waals surface area contributed by atoms with E-state index in [9.17, 15) is 9.65 Å². The molecule has 0 saturated heterocycles. The zero-order chi connectivity index (χ0) is 20.8. The summed E-state index contributed by atoms with van der Waals surface area (Å²) >= 11 is 6.88. The first-order chi connectivity index (χ1) is 14.0. The molecule has 3 rings (SSSR count). The van der Waals surface area contributed by atoms with Gasteiger partial charge in [-0.05, 0) is 63.5 Å². The largest absolute Gasteiger partial charge is 0.493 e. The molecular weight excluding hydrogens is 501 g/mol. The Morgan fingerprint density at radius 3 is 2.48 bits per heavy atom. The molecular formula is C23H16Br2FNO2. The molecule has 0 aliphatic rings. The van der Waals surface area contributed by atoms with E-state index < -0.39 is 0 Å². The normalized spacial score (nSPS) is 11.1. The Kier molecular flexibility index (Phi) is 7.08. The lowest BCUT2D eigenvalue weighted by atomic mass is 10.0. The van der Waals surface area contributed by atoms with Gasteiger partial charge < -0.3 is 9.47 Å². The number of nitrogens with zero attached hydrogens (tertiary/aromatic N) is 1. The number of ether oxygens (including phenoxy) is 2. The van der Waals surface area contributed by atoms with Crippen LogP contribution < -0.4 is 9.47 Å². The van der Waals surface area contributed by atoms with Gasteiger partial charge in [-0.25, -0.2) is 4.39 Å². The van der Waals surface area contributed by atoms with Gasteiger partial charge in [0.15, 0.2) is 11.5 Å². The minimum absolute atomic E-state index is 0.0686. The van der Waals surface area contributed by atoms with Gasteiger partial charge in [0, 0.05) is 10.0 Å². The molecule has 0 aromatic heterocycles. The van der Waals surface area contributed by atoms with E-state index in [1.165, 1.54) is 13.2 Å². The lowest BCUT2D eigenvalue weighted by Crippen LogP contribution is -2.01. The van der Waals surface area contributed by atoms with Crippen LogP contribution in [-0.2, 0) is 6.61 Å². The van der Waals surface area contributed by atoms with E-state index in [4.69, 9.17) is 9.47 Å². The van der Waals surface area contributed by atoms with Crippen molar-refractivity contribution in [1.29, 1.82) is 5.26 Å². The highest BCUT2D eigenvalue weighted by molar-refractivity contribution is 9.10. The van der Waals surface area contributed by atoms with Crippen molar-refractivity contribution >= 4 is 43.5 Å². The number of allylic oxidation sites excluding steroid dienone is 1. The number of halogens is 3. The second-order valence-electron chi connectivity index (χ2n) is 6.09. The monoisotopic (exact) mass is 515 g/mol. The van der Waals surface area contributed by atoms with E-state index in [1.54, 1.807) is 30.3 Å². The number of rotatable bonds is 6. The molecule has 3 aromatic carbocycles. The summed E-state index contributed by atoms with van der Waals surface area (Å²) in [6.45, 7) is 0.0686. The summed E-state index contributed by atoms with van der Waals surface area (Å²) < 4.78 is 26.7. The molecule has 6 heteroatoms. The third kappa shape index (κ3) is 5.26. The molecule has 0 N–H and O–H groups in total. The summed E-state index contributed by atoms with van der Waals surface area (Å²) in [5.41, 5.74) is 2.55. The fourth-order valence-electron chi connectivity index (χ4n) is 2.70. The Bertz CT molecular complexity index is 1090. The van der Waals surface area contributed by atoms with Crippen LogP contribution in [0.2, 0.25) is 0 Å². The Labute approximate surface area is 185 Å². The smallest absolute Gasteiger partial charge is 0.175 e. The van der Waals surface area contributed by atoms with Crippen molar-refractivity contribution in [2.24, 2.45) is 0 Å². The number of hydrogen-bond acceptors (Lipinski definition) is 3. The summed E-state index contributed by atoms with van der Waals surface area (Å²) in [6, 6.07) is 19.8. The lowest BCUT2D eigenvalue weighted by Gasteiger charge is -2.14. The summed E-state index contributed by atoms with van der Waals surface area (Å²) in [6.07, 6.45) is 1.77. The second kappa shape index (κ2) is 9.73. The van der Waals surface area contributed by atoms with Crippen LogP contribution in [0.15, 0.2) is 69.6 Å². The highest BCUT2D eigenvalue weighted by Crippen LogP contribution is 2.38. The summed E-state index contributed by atoms with van der Waals surface area (Å²) in [5.74, 6) is 0.625. The van der Waals surface area contributed by atoms with E-state index in [2.05, 4.69) is 37.9 Å². The van der Waals surface area contributed by atoms with E-state index in [1.807, 2.05) is 30.3 Å². The molecule has 0 atom stereocenters. The van der Waals surface area contributed by atoms with Gasteiger partial charge in [-0.15, -0.1) is 0 Å². The zero-order valence-corrected chi connectivity index (χ0v) is 18.6. The molecule has 0 saturated carbocycles. The van der Waals surface area contributed by atoms with Crippen molar-refractivity contribution in [3.63, 3.8) is 0 Å². The lowest BCUT2D eigenvalue weighted by molar-refractivity contribution is 0.278. The van der Waals surface area contributed by atoms with Crippen LogP contribution in [-0.4, -0.2) is 7.11 Å². The van der Waals surface area contributed by atoms with Crippen molar-refractivity contribution in [3.8, 4) is 17.6 Å². The fourth-order valence-corrected chi connectivity index (χ4v) is 3.54. The topological polar surface area (TPSA) is 42.2 Å². The Hall–Kier alpha value is -2.62. The van der Waals surface area contributed by atoms with Gasteiger partial charge in [0.05, 0.1) is 23.2 Å². The Morgan fingerprint density at radius 2 is 1.83 bits per heavy atom. The minimum Gasteiger partial charge on any atom is -0.493 e. The summed E-state index contributed by atoms with van der Waals surface area (Å²) in [4.78, 5) is 0. The van der Waals surface area contributed by atoms with Crippen LogP contribution in [0.4, 0.5) is 4.39 Å². The van der Waals surface area contributed by atoms with Gasteiger partial charge >= 0.3 is 0 Å². The van der Waals surface area contributed by atoms with Crippen molar-refractivity contribution < 1.29 is 13.9 Å². The molecule has 29 heavy (non-hydrogen) atoms. The predicted octanol–water partition coefficient (Wildman–Crippen LogP) is 7.00. The maximum absolute atomic E-state index is 13.8. The van der Waals surface area contributed by atoms with Crippen LogP contribution in [0.1, 0.15) is 16.7 Å². The van der Waals surface area contributed by atoms with E-state index in [0.717, 1.165) is 15.6 Å². The summed E-state index contributed by atoms with van der Waals surface area (Å²) in [5, 5.41) is 9.56. The van der Waals surface area contributed by atoms with Crippen LogP contribution >= 0.6 is 31.9 Å². The first-order valence-electron chi connectivity index (χ1n) is 8.63. The molecule has 0 aliphatic heterocycles. The third-order valence-corrected chi connectivity index (χ3v) is 5.29. The maximum Gasteiger partial charge on any atom is 0.175 e. The minimum atomic E-state index is -0.324. The van der Waals surface area contributed by atoms with Crippen LogP contribution in [0.3, 0.4) is 0 Å². The molecule has 146 valence electrons. The van der Waals surface area contributed by atoms with Gasteiger partial charge in [-0.1, -0.05) is 46.3 Å². The average molecular weight is 517 g/mol. The molecule has 0 amide bonds. The molecule has 0 radical (unpaired) electrons. The van der Waals surface area contributed by atoms with Gasteiger partial charge in [0.2, 0.25) is 0 Å². The SMILES string of the molecule is COc1cc(/C=C(\C#N)c2ccc(Br)cc2)cc(Br)c1OCc1ccccc1F. The van der Waals surface area contributed by atoms with E-state index in [0.29, 0.717) is 27.1 Å². The Balaban J connectivity index is 1.90. The summed E-state index contributed by atoms with van der Waals surface area (Å²) in [7, 11) is 1.53. The molecule has 0 spiro atoms. The van der Waals surface area contributed by atoms with Crippen LogP contribution in [0.25, 0.3) is 11.6 Å². The zero-order valence-electron chi connectivity index (χ0n) is 15.5. The first kappa shape index (κ1) is 21.1. The second-order valence-corrected chi connectivity index (χ2v) is 7.86. The molecule has 0 heterocycles. The quantitative estimate of drug-likeness (QED) is 0.261. The molecule has 3 aromatic rings. The predicted molar refractivity (Wildman–Crippen MR) is 119 cm³/mol. The van der Waals surface area contributed by atoms with E-state index >= 15 is 0 Å². The number of benzene rings is 3. The van der Waals surface area contributed by atoms with Crippen molar-refractivity contribution in [2.75, 3.05) is 7.11 Å². The third-order valence-electron chi connectivity index (χ3n) is 4.17. The number of nitriles is 1. The van der Waals surface area contributed by atoms with Gasteiger partial charge in [0.25, 0.3) is 0 Å². The Morgan fingerprint density at radius 1 is 1.10 bits per heavy atom. The van der Waals surface area contributed by atoms with Gasteiger partial charge in [-0.3, -0.25) is 0 Å². The first-order valence-corrected chi connectivity index (χ1v) is 10.2. The molecule has 0 unspecified atom stereocenters. The van der Waals surface area contributed by atoms with Gasteiger partial charge in [0.1, 0.15) is 12.4 Å². The van der Waals surface area contributed by atoms with Crippen molar-refractivity contribution in [3.05, 3.63) is 92.1 Å². The van der Waals surface area contributed by atoms with Crippen LogP contribution in [0, 0.1) is 17.1 Å². The molecule has 3 nitrogen and oxygen atoms in total. The van der Waals surface area contributed by atoms with E-state index in [-0.39, 0.29) is 12.4 Å². The number of methoxy groups -OCH3 is 1. The van der Waals surface area contributed by atoms with Crippen LogP contribution in [0.5, 0.6) is 11.5 Å². The highest BCUT2D eigenvalue weighted by Gasteiger charge is 2.13. The average Bonchev–Trinajstić information content (AvgIpc) is 2.72.